The molecule has 1 aromatic rings. The standard InChI is InChI=1S/C18H29N3O4.ClH/c1-11(19-5)10-20-16(22)12-8-14(24-6)15(25-7)9-13(12)21-17(23)18(2,3)4;/h8-9,11,19H,10H2,1-7H3,(H,20,22)(H,21,23);1H. The Morgan fingerprint density at radius 3 is 2.12 bits per heavy atom. The van der Waals surface area contributed by atoms with Crippen LogP contribution in [0.25, 0.3) is 0 Å². The highest BCUT2D eigenvalue weighted by molar-refractivity contribution is 6.05. The second kappa shape index (κ2) is 10.2. The van der Waals surface area contributed by atoms with Crippen molar-refractivity contribution < 1.29 is 19.1 Å². The average Bonchev–Trinajstić information content (AvgIpc) is 2.57. The summed E-state index contributed by atoms with van der Waals surface area (Å²) in [5.74, 6) is 0.361. The van der Waals surface area contributed by atoms with Crippen molar-refractivity contribution in [2.24, 2.45) is 5.41 Å². The molecule has 0 aliphatic heterocycles. The molecule has 0 fully saturated rings. The van der Waals surface area contributed by atoms with Crippen molar-refractivity contribution in [3.05, 3.63) is 17.7 Å². The van der Waals surface area contributed by atoms with Gasteiger partial charge in [-0.3, -0.25) is 9.59 Å². The Balaban J connectivity index is 0.00000625. The topological polar surface area (TPSA) is 88.7 Å². The van der Waals surface area contributed by atoms with Crippen molar-refractivity contribution in [1.82, 2.24) is 10.6 Å². The lowest BCUT2D eigenvalue weighted by Crippen LogP contribution is -2.37. The first-order chi connectivity index (χ1) is 11.6. The highest BCUT2D eigenvalue weighted by Gasteiger charge is 2.25. The fourth-order valence-corrected chi connectivity index (χ4v) is 1.92. The lowest BCUT2D eigenvalue weighted by atomic mass is 9.95. The van der Waals surface area contributed by atoms with Crippen molar-refractivity contribution >= 4 is 29.9 Å². The van der Waals surface area contributed by atoms with E-state index in [1.54, 1.807) is 32.9 Å². The molecule has 1 rings (SSSR count). The molecule has 2 amide bonds. The minimum Gasteiger partial charge on any atom is -0.493 e. The largest absolute Gasteiger partial charge is 0.493 e. The highest BCUT2D eigenvalue weighted by Crippen LogP contribution is 2.34. The lowest BCUT2D eigenvalue weighted by molar-refractivity contribution is -0.123. The Labute approximate surface area is 161 Å². The van der Waals surface area contributed by atoms with E-state index in [-0.39, 0.29) is 30.3 Å². The number of hydrogen-bond acceptors (Lipinski definition) is 5. The Morgan fingerprint density at radius 2 is 1.65 bits per heavy atom. The summed E-state index contributed by atoms with van der Waals surface area (Å²) in [7, 11) is 4.82. The van der Waals surface area contributed by atoms with Crippen molar-refractivity contribution in [2.75, 3.05) is 33.1 Å². The zero-order valence-electron chi connectivity index (χ0n) is 16.5. The van der Waals surface area contributed by atoms with E-state index in [1.165, 1.54) is 14.2 Å². The number of amides is 2. The van der Waals surface area contributed by atoms with Crippen LogP contribution >= 0.6 is 12.4 Å². The fourth-order valence-electron chi connectivity index (χ4n) is 1.92. The van der Waals surface area contributed by atoms with Crippen LogP contribution in [0.3, 0.4) is 0 Å². The molecule has 26 heavy (non-hydrogen) atoms. The van der Waals surface area contributed by atoms with Gasteiger partial charge in [0.05, 0.1) is 25.5 Å². The Kier molecular flexibility index (Phi) is 9.45. The van der Waals surface area contributed by atoms with E-state index in [2.05, 4.69) is 16.0 Å². The minimum absolute atomic E-state index is 0. The molecule has 0 bridgehead atoms. The molecule has 8 heteroatoms. The van der Waals surface area contributed by atoms with Gasteiger partial charge in [-0.15, -0.1) is 12.4 Å². The van der Waals surface area contributed by atoms with Crippen molar-refractivity contribution in [3.63, 3.8) is 0 Å². The molecule has 1 aromatic carbocycles. The van der Waals surface area contributed by atoms with Gasteiger partial charge in [0, 0.05) is 24.1 Å². The maximum absolute atomic E-state index is 12.6. The predicted octanol–water partition coefficient (Wildman–Crippen LogP) is 2.45. The van der Waals surface area contributed by atoms with Crippen LogP contribution in [-0.4, -0.2) is 45.7 Å². The summed E-state index contributed by atoms with van der Waals surface area (Å²) >= 11 is 0. The average molecular weight is 388 g/mol. The van der Waals surface area contributed by atoms with Gasteiger partial charge >= 0.3 is 0 Å². The molecular weight excluding hydrogens is 358 g/mol. The second-order valence-corrected chi connectivity index (χ2v) is 6.86. The molecule has 0 radical (unpaired) electrons. The summed E-state index contributed by atoms with van der Waals surface area (Å²) in [4.78, 5) is 24.9. The Hall–Kier alpha value is -1.99. The van der Waals surface area contributed by atoms with Crippen molar-refractivity contribution in [2.45, 2.75) is 33.7 Å². The van der Waals surface area contributed by atoms with Crippen molar-refractivity contribution in [3.8, 4) is 11.5 Å². The Bertz CT molecular complexity index is 630. The van der Waals surface area contributed by atoms with Gasteiger partial charge in [-0.05, 0) is 20.0 Å². The Morgan fingerprint density at radius 1 is 1.12 bits per heavy atom. The van der Waals surface area contributed by atoms with Crippen LogP contribution in [0.2, 0.25) is 0 Å². The number of ether oxygens (including phenoxy) is 2. The molecule has 0 saturated heterocycles. The van der Waals surface area contributed by atoms with Gasteiger partial charge in [-0.1, -0.05) is 20.8 Å². The van der Waals surface area contributed by atoms with E-state index in [0.717, 1.165) is 0 Å². The number of carbonyl (C=O) groups is 2. The molecule has 0 saturated carbocycles. The van der Waals surface area contributed by atoms with Crippen LogP contribution < -0.4 is 25.4 Å². The molecule has 148 valence electrons. The van der Waals surface area contributed by atoms with Gasteiger partial charge < -0.3 is 25.4 Å². The van der Waals surface area contributed by atoms with E-state index in [1.807, 2.05) is 14.0 Å². The van der Waals surface area contributed by atoms with E-state index in [4.69, 9.17) is 9.47 Å². The zero-order chi connectivity index (χ0) is 19.2. The van der Waals surface area contributed by atoms with E-state index in [9.17, 15) is 9.59 Å². The fraction of sp³-hybridized carbons (Fsp3) is 0.556. The summed E-state index contributed by atoms with van der Waals surface area (Å²) in [5, 5.41) is 8.70. The molecule has 3 N–H and O–H groups in total. The number of methoxy groups -OCH3 is 2. The van der Waals surface area contributed by atoms with Crippen molar-refractivity contribution in [1.29, 1.82) is 0 Å². The van der Waals surface area contributed by atoms with Crippen LogP contribution in [0.5, 0.6) is 11.5 Å². The number of nitrogens with one attached hydrogen (secondary N) is 3. The first-order valence-electron chi connectivity index (χ1n) is 8.17. The number of halogens is 1. The molecule has 1 unspecified atom stereocenters. The molecule has 7 nitrogen and oxygen atoms in total. The van der Waals surface area contributed by atoms with E-state index in [0.29, 0.717) is 29.3 Å². The number of anilines is 1. The van der Waals surface area contributed by atoms with Crippen LogP contribution in [0.1, 0.15) is 38.1 Å². The molecule has 0 aromatic heterocycles. The first kappa shape index (κ1) is 24.0. The van der Waals surface area contributed by atoms with Crippen LogP contribution in [0, 0.1) is 5.41 Å². The summed E-state index contributed by atoms with van der Waals surface area (Å²) in [5.41, 5.74) is 0.104. The van der Waals surface area contributed by atoms with Gasteiger partial charge in [-0.2, -0.15) is 0 Å². The third-order valence-electron chi connectivity index (χ3n) is 3.76. The minimum atomic E-state index is -0.596. The lowest BCUT2D eigenvalue weighted by Gasteiger charge is -2.21. The summed E-state index contributed by atoms with van der Waals surface area (Å²) in [6, 6.07) is 3.28. The number of hydrogen-bond donors (Lipinski definition) is 3. The monoisotopic (exact) mass is 387 g/mol. The van der Waals surface area contributed by atoms with Crippen LogP contribution in [0.15, 0.2) is 12.1 Å². The third-order valence-corrected chi connectivity index (χ3v) is 3.76. The number of likely N-dealkylation sites (N-methyl/N-ethyl adjacent to an activating group) is 1. The van der Waals surface area contributed by atoms with E-state index < -0.39 is 5.41 Å². The van der Waals surface area contributed by atoms with Gasteiger partial charge in [0.15, 0.2) is 11.5 Å². The number of rotatable bonds is 7. The summed E-state index contributed by atoms with van der Waals surface area (Å²) < 4.78 is 10.5. The third kappa shape index (κ3) is 6.38. The summed E-state index contributed by atoms with van der Waals surface area (Å²) in [6.45, 7) is 7.82. The van der Waals surface area contributed by atoms with Gasteiger partial charge in [0.2, 0.25) is 5.91 Å². The quantitative estimate of drug-likeness (QED) is 0.668. The highest BCUT2D eigenvalue weighted by atomic mass is 35.5. The normalized spacial score (nSPS) is 11.8. The zero-order valence-corrected chi connectivity index (χ0v) is 17.3. The van der Waals surface area contributed by atoms with Gasteiger partial charge in [-0.25, -0.2) is 0 Å². The smallest absolute Gasteiger partial charge is 0.253 e. The predicted molar refractivity (Wildman–Crippen MR) is 106 cm³/mol. The summed E-state index contributed by atoms with van der Waals surface area (Å²) in [6.07, 6.45) is 0. The van der Waals surface area contributed by atoms with E-state index >= 15 is 0 Å². The van der Waals surface area contributed by atoms with Crippen LogP contribution in [0.4, 0.5) is 5.69 Å². The van der Waals surface area contributed by atoms with Crippen LogP contribution in [-0.2, 0) is 4.79 Å². The molecule has 0 heterocycles. The second-order valence-electron chi connectivity index (χ2n) is 6.86. The SMILES string of the molecule is CNC(C)CNC(=O)c1cc(OC)c(OC)cc1NC(=O)C(C)(C)C.Cl. The van der Waals surface area contributed by atoms with Gasteiger partial charge in [0.25, 0.3) is 5.91 Å². The van der Waals surface area contributed by atoms with Gasteiger partial charge in [0.1, 0.15) is 0 Å². The first-order valence-corrected chi connectivity index (χ1v) is 8.17. The molecule has 0 aliphatic rings. The molecule has 0 spiro atoms. The number of carbonyl (C=O) groups excluding carboxylic acids is 2. The molecule has 1 atom stereocenters. The molecule has 0 aliphatic carbocycles. The maximum Gasteiger partial charge on any atom is 0.253 e. The molecular formula is C18H30ClN3O4. The number of benzene rings is 1. The maximum atomic E-state index is 12.6.